The Kier molecular flexibility index (Phi) is 7.90. The number of rotatable bonds is 8. The fraction of sp³-hybridized carbons (Fsp3) is 0.500. The van der Waals surface area contributed by atoms with Gasteiger partial charge in [-0.1, -0.05) is 24.3 Å². The molecule has 1 saturated heterocycles. The minimum atomic E-state index is -4.47. The van der Waals surface area contributed by atoms with Crippen LogP contribution in [0.4, 0.5) is 13.2 Å². The quantitative estimate of drug-likeness (QED) is 0.632. The highest BCUT2D eigenvalue weighted by Crippen LogP contribution is 2.23. The van der Waals surface area contributed by atoms with E-state index in [0.717, 1.165) is 4.90 Å². The minimum Gasteiger partial charge on any atom is -0.493 e. The zero-order valence-electron chi connectivity index (χ0n) is 15.7. The summed E-state index contributed by atoms with van der Waals surface area (Å²) in [6.07, 6.45) is -2.01. The molecule has 2 rings (SSSR count). The lowest BCUT2D eigenvalue weighted by Crippen LogP contribution is -2.49. The van der Waals surface area contributed by atoms with Crippen molar-refractivity contribution in [3.8, 4) is 5.75 Å². The molecule has 0 N–H and O–H groups in total. The topological polar surface area (TPSA) is 49.9 Å². The molecule has 0 bridgehead atoms. The first-order chi connectivity index (χ1) is 13.3. The van der Waals surface area contributed by atoms with Gasteiger partial charge in [0.15, 0.2) is 0 Å². The molecule has 0 spiro atoms. The van der Waals surface area contributed by atoms with E-state index in [4.69, 9.17) is 4.74 Å². The highest BCUT2D eigenvalue weighted by atomic mass is 19.4. The Hall–Kier alpha value is -2.51. The predicted molar refractivity (Wildman–Crippen MR) is 98.7 cm³/mol. The van der Waals surface area contributed by atoms with Crippen LogP contribution in [0.25, 0.3) is 0 Å². The number of nitrogens with zero attached hydrogens (tertiary/aromatic N) is 2. The zero-order chi connectivity index (χ0) is 20.6. The molecule has 0 radical (unpaired) electrons. The van der Waals surface area contributed by atoms with Crippen molar-refractivity contribution in [1.82, 2.24) is 9.80 Å². The summed E-state index contributed by atoms with van der Waals surface area (Å²) in [5.74, 6) is -0.723. The summed E-state index contributed by atoms with van der Waals surface area (Å²) in [7, 11) is 0. The maximum absolute atomic E-state index is 12.7. The van der Waals surface area contributed by atoms with Crippen molar-refractivity contribution < 1.29 is 27.5 Å². The largest absolute Gasteiger partial charge is 0.493 e. The molecule has 1 aliphatic heterocycles. The lowest BCUT2D eigenvalue weighted by Gasteiger charge is -2.35. The predicted octanol–water partition coefficient (Wildman–Crippen LogP) is 3.27. The highest BCUT2D eigenvalue weighted by Gasteiger charge is 2.36. The molecule has 2 amide bonds. The molecule has 1 unspecified atom stereocenters. The van der Waals surface area contributed by atoms with Crippen LogP contribution in [0.3, 0.4) is 0 Å². The molecular formula is C20H25F3N2O3. The molecule has 0 aliphatic carbocycles. The van der Waals surface area contributed by atoms with Gasteiger partial charge in [-0.25, -0.2) is 0 Å². The molecule has 0 aromatic heterocycles. The number of halogens is 3. The molecule has 1 aromatic carbocycles. The maximum atomic E-state index is 12.7. The first-order valence-corrected chi connectivity index (χ1v) is 9.22. The van der Waals surface area contributed by atoms with Gasteiger partial charge >= 0.3 is 6.18 Å². The smallest absolute Gasteiger partial charge is 0.406 e. The zero-order valence-corrected chi connectivity index (χ0v) is 15.7. The number of hydrogen-bond donors (Lipinski definition) is 0. The van der Waals surface area contributed by atoms with Crippen molar-refractivity contribution in [3.63, 3.8) is 0 Å². The summed E-state index contributed by atoms with van der Waals surface area (Å²) >= 11 is 0. The Bertz CT molecular complexity index is 664. The number of alkyl halides is 3. The number of carbonyl (C=O) groups is 2. The number of benzene rings is 1. The van der Waals surface area contributed by atoms with E-state index >= 15 is 0 Å². The maximum Gasteiger partial charge on any atom is 0.406 e. The van der Waals surface area contributed by atoms with Crippen molar-refractivity contribution in [3.05, 3.63) is 43.0 Å². The first-order valence-electron chi connectivity index (χ1n) is 9.22. The van der Waals surface area contributed by atoms with Gasteiger partial charge in [-0.05, 0) is 25.0 Å². The van der Waals surface area contributed by atoms with E-state index in [2.05, 4.69) is 6.58 Å². The average Bonchev–Trinajstić information content (AvgIpc) is 2.67. The normalized spacial score (nSPS) is 17.1. The molecule has 1 aromatic rings. The van der Waals surface area contributed by atoms with Crippen LogP contribution in [0.2, 0.25) is 0 Å². The van der Waals surface area contributed by atoms with Gasteiger partial charge in [-0.2, -0.15) is 13.2 Å². The number of amides is 2. The molecule has 5 nitrogen and oxygen atoms in total. The Balaban J connectivity index is 1.88. The third kappa shape index (κ3) is 6.90. The molecule has 1 fully saturated rings. The summed E-state index contributed by atoms with van der Waals surface area (Å²) in [5.41, 5.74) is 0. The van der Waals surface area contributed by atoms with E-state index in [1.54, 1.807) is 17.0 Å². The summed E-state index contributed by atoms with van der Waals surface area (Å²) in [6, 6.07) is 9.09. The van der Waals surface area contributed by atoms with Crippen molar-refractivity contribution in [2.24, 2.45) is 5.92 Å². The van der Waals surface area contributed by atoms with Crippen LogP contribution in [-0.2, 0) is 9.59 Å². The molecule has 154 valence electrons. The van der Waals surface area contributed by atoms with Crippen LogP contribution in [-0.4, -0.2) is 60.6 Å². The van der Waals surface area contributed by atoms with Crippen LogP contribution in [0.5, 0.6) is 5.75 Å². The molecule has 0 saturated carbocycles. The van der Waals surface area contributed by atoms with E-state index in [1.165, 1.54) is 6.08 Å². The third-order valence-electron chi connectivity index (χ3n) is 4.48. The second-order valence-corrected chi connectivity index (χ2v) is 6.71. The number of piperidine rings is 1. The summed E-state index contributed by atoms with van der Waals surface area (Å²) < 4.78 is 43.7. The van der Waals surface area contributed by atoms with Crippen LogP contribution in [0.1, 0.15) is 19.3 Å². The number of likely N-dealkylation sites (tertiary alicyclic amines) is 1. The van der Waals surface area contributed by atoms with Gasteiger partial charge in [-0.15, -0.1) is 6.58 Å². The van der Waals surface area contributed by atoms with Crippen LogP contribution < -0.4 is 4.74 Å². The Morgan fingerprint density at radius 3 is 2.64 bits per heavy atom. The molecule has 1 atom stereocenters. The summed E-state index contributed by atoms with van der Waals surface area (Å²) in [6.45, 7) is 2.77. The summed E-state index contributed by atoms with van der Waals surface area (Å²) in [4.78, 5) is 27.3. The van der Waals surface area contributed by atoms with Crippen molar-refractivity contribution >= 4 is 11.8 Å². The van der Waals surface area contributed by atoms with Crippen molar-refractivity contribution in [2.75, 3.05) is 32.8 Å². The molecular weight excluding hydrogens is 373 g/mol. The Morgan fingerprint density at radius 2 is 2.00 bits per heavy atom. The molecule has 8 heteroatoms. The molecule has 1 aliphatic rings. The van der Waals surface area contributed by atoms with E-state index in [1.807, 2.05) is 18.2 Å². The molecule has 1 heterocycles. The highest BCUT2D eigenvalue weighted by molar-refractivity contribution is 5.81. The minimum absolute atomic E-state index is 0.133. The van der Waals surface area contributed by atoms with Gasteiger partial charge in [0.05, 0.1) is 18.9 Å². The average molecular weight is 398 g/mol. The van der Waals surface area contributed by atoms with Gasteiger partial charge in [0.25, 0.3) is 0 Å². The standard InChI is InChI=1S/C20H25F3N2O3/c1-2-11-25(15-20(21,22)23)19(27)16-7-6-12-24(14-16)18(26)10-13-28-17-8-4-3-5-9-17/h2-5,8-9,16H,1,6-7,10-15H2. The van der Waals surface area contributed by atoms with E-state index in [0.29, 0.717) is 25.1 Å². The van der Waals surface area contributed by atoms with Gasteiger partial charge in [0.1, 0.15) is 12.3 Å². The lowest BCUT2D eigenvalue weighted by molar-refractivity contribution is -0.164. The Labute approximate surface area is 162 Å². The number of carbonyl (C=O) groups excluding carboxylic acids is 2. The molecule has 28 heavy (non-hydrogen) atoms. The fourth-order valence-corrected chi connectivity index (χ4v) is 3.20. The van der Waals surface area contributed by atoms with E-state index in [9.17, 15) is 22.8 Å². The van der Waals surface area contributed by atoms with Crippen LogP contribution in [0, 0.1) is 5.92 Å². The summed E-state index contributed by atoms with van der Waals surface area (Å²) in [5, 5.41) is 0. The van der Waals surface area contributed by atoms with E-state index < -0.39 is 24.5 Å². The van der Waals surface area contributed by atoms with E-state index in [-0.39, 0.29) is 32.0 Å². The second kappa shape index (κ2) is 10.1. The van der Waals surface area contributed by atoms with Crippen LogP contribution >= 0.6 is 0 Å². The van der Waals surface area contributed by atoms with Gasteiger partial charge < -0.3 is 14.5 Å². The third-order valence-corrected chi connectivity index (χ3v) is 4.48. The number of para-hydroxylation sites is 1. The van der Waals surface area contributed by atoms with Crippen molar-refractivity contribution in [2.45, 2.75) is 25.4 Å². The van der Waals surface area contributed by atoms with Gasteiger partial charge in [-0.3, -0.25) is 9.59 Å². The lowest BCUT2D eigenvalue weighted by atomic mass is 9.96. The monoisotopic (exact) mass is 398 g/mol. The van der Waals surface area contributed by atoms with Crippen molar-refractivity contribution in [1.29, 1.82) is 0 Å². The van der Waals surface area contributed by atoms with Gasteiger partial charge in [0, 0.05) is 19.6 Å². The SMILES string of the molecule is C=CCN(CC(F)(F)F)C(=O)C1CCCN(C(=O)CCOc2ccccc2)C1. The number of ether oxygens (including phenoxy) is 1. The second-order valence-electron chi connectivity index (χ2n) is 6.71. The van der Waals surface area contributed by atoms with Crippen LogP contribution in [0.15, 0.2) is 43.0 Å². The fourth-order valence-electron chi connectivity index (χ4n) is 3.20. The first kappa shape index (κ1) is 21.8. The Morgan fingerprint density at radius 1 is 1.29 bits per heavy atom. The van der Waals surface area contributed by atoms with Gasteiger partial charge in [0.2, 0.25) is 11.8 Å². The number of hydrogen-bond acceptors (Lipinski definition) is 3.